The van der Waals surface area contributed by atoms with Gasteiger partial charge in [0.25, 0.3) is 0 Å². The van der Waals surface area contributed by atoms with Crippen molar-refractivity contribution in [2.24, 2.45) is 0 Å². The highest BCUT2D eigenvalue weighted by Gasteiger charge is 2.16. The van der Waals surface area contributed by atoms with Gasteiger partial charge in [0.1, 0.15) is 5.25 Å². The zero-order valence-electron chi connectivity index (χ0n) is 12.2. The number of nitrogens with one attached hydrogen (secondary N) is 1. The Labute approximate surface area is 128 Å². The van der Waals surface area contributed by atoms with Gasteiger partial charge in [-0.05, 0) is 25.3 Å². The molecule has 1 aromatic carbocycles. The zero-order chi connectivity index (χ0) is 15.2. The molecule has 21 heavy (non-hydrogen) atoms. The Bertz CT molecular complexity index is 681. The second-order valence-corrected chi connectivity index (χ2v) is 6.06. The normalized spacial score (nSPS) is 12.0. The molecule has 1 atom stereocenters. The minimum atomic E-state index is -0.265. The summed E-state index contributed by atoms with van der Waals surface area (Å²) in [5, 5.41) is 16.1. The van der Waals surface area contributed by atoms with E-state index in [1.54, 1.807) is 4.57 Å². The molecule has 0 amide bonds. The van der Waals surface area contributed by atoms with E-state index in [0.29, 0.717) is 18.1 Å². The average Bonchev–Trinajstić information content (AvgIpc) is 2.82. The van der Waals surface area contributed by atoms with Crippen molar-refractivity contribution in [2.75, 3.05) is 0 Å². The van der Waals surface area contributed by atoms with Gasteiger partial charge in [-0.25, -0.2) is 9.89 Å². The van der Waals surface area contributed by atoms with Crippen molar-refractivity contribution in [2.45, 2.75) is 43.6 Å². The third-order valence-electron chi connectivity index (χ3n) is 3.10. The topological polar surface area (TPSA) is 74.5 Å². The zero-order valence-corrected chi connectivity index (χ0v) is 13.0. The average molecular weight is 302 g/mol. The Morgan fingerprint density at radius 2 is 2.14 bits per heavy atom. The smallest absolute Gasteiger partial charge is 0.270 e. The fourth-order valence-corrected chi connectivity index (χ4v) is 2.98. The summed E-state index contributed by atoms with van der Waals surface area (Å²) in [5.41, 5.74) is 2.09. The van der Waals surface area contributed by atoms with Crippen molar-refractivity contribution in [3.05, 3.63) is 45.9 Å². The lowest BCUT2D eigenvalue weighted by atomic mass is 10.1. The van der Waals surface area contributed by atoms with Crippen LogP contribution in [0.1, 0.15) is 24.5 Å². The minimum absolute atomic E-state index is 0.216. The Morgan fingerprint density at radius 3 is 2.76 bits per heavy atom. The van der Waals surface area contributed by atoms with Crippen LogP contribution < -0.4 is 5.69 Å². The number of nitrogens with zero attached hydrogens (tertiary/aromatic N) is 3. The summed E-state index contributed by atoms with van der Waals surface area (Å²) in [4.78, 5) is 11.6. The Kier molecular flexibility index (Phi) is 5.23. The van der Waals surface area contributed by atoms with Gasteiger partial charge < -0.3 is 0 Å². The highest BCUT2D eigenvalue weighted by molar-refractivity contribution is 8.00. The Morgan fingerprint density at radius 1 is 1.43 bits per heavy atom. The van der Waals surface area contributed by atoms with Crippen LogP contribution in [0.25, 0.3) is 0 Å². The van der Waals surface area contributed by atoms with Crippen molar-refractivity contribution in [3.8, 4) is 6.07 Å². The predicted octanol–water partition coefficient (Wildman–Crippen LogP) is 2.52. The minimum Gasteiger partial charge on any atom is -0.270 e. The number of hydrogen-bond acceptors (Lipinski definition) is 4. The maximum absolute atomic E-state index is 11.6. The molecule has 0 saturated carbocycles. The van der Waals surface area contributed by atoms with Crippen LogP contribution in [0.5, 0.6) is 0 Å². The van der Waals surface area contributed by atoms with Crippen LogP contribution in [0.3, 0.4) is 0 Å². The van der Waals surface area contributed by atoms with Crippen LogP contribution >= 0.6 is 11.8 Å². The first-order valence-corrected chi connectivity index (χ1v) is 7.79. The summed E-state index contributed by atoms with van der Waals surface area (Å²) in [6, 6.07) is 10.4. The molecule has 0 radical (unpaired) electrons. The monoisotopic (exact) mass is 302 g/mol. The van der Waals surface area contributed by atoms with Crippen LogP contribution in [0.4, 0.5) is 0 Å². The summed E-state index contributed by atoms with van der Waals surface area (Å²) >= 11 is 1.33. The molecule has 0 aliphatic heterocycles. The number of aromatic amines is 1. The van der Waals surface area contributed by atoms with Crippen LogP contribution in [0, 0.1) is 18.3 Å². The van der Waals surface area contributed by atoms with Crippen molar-refractivity contribution < 1.29 is 0 Å². The molecule has 0 aliphatic carbocycles. The predicted molar refractivity (Wildman–Crippen MR) is 83.3 cm³/mol. The first kappa shape index (κ1) is 15.4. The molecule has 1 heterocycles. The molecule has 2 aromatic rings. The van der Waals surface area contributed by atoms with E-state index in [2.05, 4.69) is 16.3 Å². The van der Waals surface area contributed by atoms with Gasteiger partial charge in [-0.1, -0.05) is 48.5 Å². The first-order valence-electron chi connectivity index (χ1n) is 6.91. The summed E-state index contributed by atoms with van der Waals surface area (Å²) in [6.45, 7) is 4.65. The van der Waals surface area contributed by atoms with Crippen molar-refractivity contribution in [3.63, 3.8) is 0 Å². The molecule has 6 heteroatoms. The van der Waals surface area contributed by atoms with E-state index in [1.807, 2.05) is 38.1 Å². The summed E-state index contributed by atoms with van der Waals surface area (Å²) in [7, 11) is 0. The van der Waals surface area contributed by atoms with E-state index in [4.69, 9.17) is 0 Å². The molecule has 0 saturated heterocycles. The number of hydrogen-bond donors (Lipinski definition) is 1. The molecule has 0 aliphatic rings. The van der Waals surface area contributed by atoms with Crippen LogP contribution in [0.2, 0.25) is 0 Å². The second-order valence-electron chi connectivity index (χ2n) is 4.89. The third kappa shape index (κ3) is 3.99. The van der Waals surface area contributed by atoms with Gasteiger partial charge in [-0.15, -0.1) is 5.10 Å². The second kappa shape index (κ2) is 7.14. The number of nitriles is 1. The van der Waals surface area contributed by atoms with Crippen LogP contribution in [0.15, 0.2) is 34.2 Å². The number of benzene rings is 1. The fraction of sp³-hybridized carbons (Fsp3) is 0.400. The lowest BCUT2D eigenvalue weighted by Gasteiger charge is -2.09. The molecule has 0 unspecified atom stereocenters. The van der Waals surface area contributed by atoms with Gasteiger partial charge in [0.15, 0.2) is 5.16 Å². The lowest BCUT2D eigenvalue weighted by Crippen LogP contribution is -2.18. The quantitative estimate of drug-likeness (QED) is 0.832. The van der Waals surface area contributed by atoms with Crippen molar-refractivity contribution in [1.82, 2.24) is 14.8 Å². The van der Waals surface area contributed by atoms with Crippen LogP contribution in [-0.2, 0) is 13.0 Å². The Hall–Kier alpha value is -2.00. The van der Waals surface area contributed by atoms with E-state index >= 15 is 0 Å². The molecule has 0 bridgehead atoms. The van der Waals surface area contributed by atoms with E-state index in [1.165, 1.54) is 17.3 Å². The number of H-pyrrole nitrogens is 1. The number of rotatable bonds is 6. The summed E-state index contributed by atoms with van der Waals surface area (Å²) < 4.78 is 1.59. The highest BCUT2D eigenvalue weighted by Crippen LogP contribution is 2.23. The molecule has 2 rings (SSSR count). The molecule has 5 nitrogen and oxygen atoms in total. The van der Waals surface area contributed by atoms with Gasteiger partial charge in [-0.3, -0.25) is 4.57 Å². The van der Waals surface area contributed by atoms with E-state index < -0.39 is 0 Å². The number of aromatic nitrogens is 3. The van der Waals surface area contributed by atoms with Gasteiger partial charge >= 0.3 is 5.69 Å². The van der Waals surface area contributed by atoms with E-state index in [-0.39, 0.29) is 10.9 Å². The molecule has 0 spiro atoms. The number of aryl methyl sites for hydroxylation is 1. The SMILES string of the molecule is CCCn1c(S[C@@H](C#N)Cc2ccc(C)cc2)n[nH]c1=O. The molecule has 1 N–H and O–H groups in total. The largest absolute Gasteiger partial charge is 0.343 e. The third-order valence-corrected chi connectivity index (χ3v) is 4.18. The molecule has 110 valence electrons. The molecule has 0 fully saturated rings. The lowest BCUT2D eigenvalue weighted by molar-refractivity contribution is 0.603. The van der Waals surface area contributed by atoms with Gasteiger partial charge in [-0.2, -0.15) is 5.26 Å². The standard InChI is InChI=1S/C15H18N4OS/c1-3-8-19-14(20)17-18-15(19)21-13(10-16)9-12-6-4-11(2)5-7-12/h4-7,13H,3,8-9H2,1-2H3,(H,17,20)/t13-/m1/s1. The van der Waals surface area contributed by atoms with Gasteiger partial charge in [0, 0.05) is 6.54 Å². The number of thioether (sulfide) groups is 1. The molecule has 1 aromatic heterocycles. The molecular formula is C15H18N4OS. The van der Waals surface area contributed by atoms with Crippen molar-refractivity contribution >= 4 is 11.8 Å². The Balaban J connectivity index is 2.11. The summed E-state index contributed by atoms with van der Waals surface area (Å²) in [5.74, 6) is 0. The highest BCUT2D eigenvalue weighted by atomic mass is 32.2. The van der Waals surface area contributed by atoms with E-state index in [0.717, 1.165) is 12.0 Å². The maximum atomic E-state index is 11.6. The van der Waals surface area contributed by atoms with Gasteiger partial charge in [0.05, 0.1) is 6.07 Å². The first-order chi connectivity index (χ1) is 10.1. The fourth-order valence-electron chi connectivity index (χ4n) is 1.99. The summed E-state index contributed by atoms with van der Waals surface area (Å²) in [6.07, 6.45) is 1.48. The van der Waals surface area contributed by atoms with Crippen molar-refractivity contribution in [1.29, 1.82) is 5.26 Å². The van der Waals surface area contributed by atoms with Crippen LogP contribution in [-0.4, -0.2) is 20.0 Å². The maximum Gasteiger partial charge on any atom is 0.343 e. The van der Waals surface area contributed by atoms with E-state index in [9.17, 15) is 10.1 Å². The molecular weight excluding hydrogens is 284 g/mol. The van der Waals surface area contributed by atoms with Gasteiger partial charge in [0.2, 0.25) is 0 Å².